The van der Waals surface area contributed by atoms with Crippen molar-refractivity contribution in [3.05, 3.63) is 64.3 Å². The first-order valence-electron chi connectivity index (χ1n) is 8.54. The molecule has 3 aromatic rings. The maximum Gasteiger partial charge on any atom is 0.276 e. The van der Waals surface area contributed by atoms with Crippen LogP contribution in [0.4, 0.5) is 8.78 Å². The van der Waals surface area contributed by atoms with Gasteiger partial charge in [0.2, 0.25) is 0 Å². The second kappa shape index (κ2) is 7.79. The molecule has 0 atom stereocenters. The van der Waals surface area contributed by atoms with Gasteiger partial charge in [-0.1, -0.05) is 5.16 Å². The van der Waals surface area contributed by atoms with Gasteiger partial charge in [-0.25, -0.2) is 8.78 Å². The third-order valence-corrected chi connectivity index (χ3v) is 4.54. The largest absolute Gasteiger partial charge is 0.486 e. The molecule has 1 aromatic carbocycles. The standard InChI is InChI=1S/C19H20F2N4O3/c1-11-13(8-22-25(11)4)9-24(3)19(26)18-15(12(2)28-23-18)10-27-17-6-5-14(20)7-16(17)21/h5-8H,9-10H2,1-4H3. The molecule has 2 aromatic heterocycles. The van der Waals surface area contributed by atoms with Crippen LogP contribution in [0.3, 0.4) is 0 Å². The molecule has 9 heteroatoms. The first-order chi connectivity index (χ1) is 13.3. The van der Waals surface area contributed by atoms with E-state index in [0.29, 0.717) is 17.9 Å². The van der Waals surface area contributed by atoms with Crippen molar-refractivity contribution in [1.29, 1.82) is 0 Å². The smallest absolute Gasteiger partial charge is 0.276 e. The van der Waals surface area contributed by atoms with E-state index in [2.05, 4.69) is 10.3 Å². The van der Waals surface area contributed by atoms with Crippen molar-refractivity contribution in [2.45, 2.75) is 27.0 Å². The van der Waals surface area contributed by atoms with Gasteiger partial charge in [-0.3, -0.25) is 9.48 Å². The van der Waals surface area contributed by atoms with Gasteiger partial charge in [-0.05, 0) is 26.0 Å². The molecule has 2 heterocycles. The highest BCUT2D eigenvalue weighted by Gasteiger charge is 2.24. The number of rotatable bonds is 6. The van der Waals surface area contributed by atoms with Gasteiger partial charge in [0, 0.05) is 38.0 Å². The molecule has 0 saturated heterocycles. The Morgan fingerprint density at radius 3 is 2.71 bits per heavy atom. The molecule has 0 bridgehead atoms. The fourth-order valence-electron chi connectivity index (χ4n) is 2.68. The Bertz CT molecular complexity index is 1010. The molecule has 0 N–H and O–H groups in total. The zero-order chi connectivity index (χ0) is 20.4. The first kappa shape index (κ1) is 19.5. The number of ether oxygens (including phenoxy) is 1. The summed E-state index contributed by atoms with van der Waals surface area (Å²) < 4.78 is 39.0. The Hall–Kier alpha value is -3.23. The number of hydrogen-bond donors (Lipinski definition) is 0. The van der Waals surface area contributed by atoms with Gasteiger partial charge < -0.3 is 14.2 Å². The quantitative estimate of drug-likeness (QED) is 0.647. The fourth-order valence-corrected chi connectivity index (χ4v) is 2.68. The molecule has 1 amide bonds. The molecule has 0 saturated carbocycles. The summed E-state index contributed by atoms with van der Waals surface area (Å²) in [6.45, 7) is 3.75. The average Bonchev–Trinajstić information content (AvgIpc) is 3.17. The maximum absolute atomic E-state index is 13.8. The topological polar surface area (TPSA) is 73.4 Å². The van der Waals surface area contributed by atoms with Crippen molar-refractivity contribution in [2.24, 2.45) is 7.05 Å². The Kier molecular flexibility index (Phi) is 5.43. The molecule has 0 radical (unpaired) electrons. The van der Waals surface area contributed by atoms with Crippen LogP contribution < -0.4 is 4.74 Å². The van der Waals surface area contributed by atoms with Gasteiger partial charge in [0.15, 0.2) is 17.3 Å². The van der Waals surface area contributed by atoms with Crippen LogP contribution in [-0.2, 0) is 20.2 Å². The van der Waals surface area contributed by atoms with E-state index in [1.54, 1.807) is 24.9 Å². The number of aromatic nitrogens is 3. The lowest BCUT2D eigenvalue weighted by molar-refractivity contribution is 0.0772. The predicted octanol–water partition coefficient (Wildman–Crippen LogP) is 3.15. The molecule has 28 heavy (non-hydrogen) atoms. The summed E-state index contributed by atoms with van der Waals surface area (Å²) in [7, 11) is 3.47. The molecule has 148 valence electrons. The number of amides is 1. The summed E-state index contributed by atoms with van der Waals surface area (Å²) in [5.74, 6) is -1.63. The second-order valence-corrected chi connectivity index (χ2v) is 6.47. The normalized spacial score (nSPS) is 10.9. The number of benzene rings is 1. The van der Waals surface area contributed by atoms with Crippen molar-refractivity contribution in [3.63, 3.8) is 0 Å². The zero-order valence-corrected chi connectivity index (χ0v) is 16.0. The Balaban J connectivity index is 1.75. The molecular weight excluding hydrogens is 370 g/mol. The Morgan fingerprint density at radius 2 is 2.07 bits per heavy atom. The molecule has 7 nitrogen and oxygen atoms in total. The van der Waals surface area contributed by atoms with Crippen LogP contribution in [0.15, 0.2) is 28.9 Å². The monoisotopic (exact) mass is 390 g/mol. The van der Waals surface area contributed by atoms with E-state index in [0.717, 1.165) is 23.4 Å². The highest BCUT2D eigenvalue weighted by molar-refractivity contribution is 5.93. The van der Waals surface area contributed by atoms with Crippen LogP contribution >= 0.6 is 0 Å². The van der Waals surface area contributed by atoms with Crippen molar-refractivity contribution < 1.29 is 22.8 Å². The average molecular weight is 390 g/mol. The Morgan fingerprint density at radius 1 is 1.32 bits per heavy atom. The first-order valence-corrected chi connectivity index (χ1v) is 8.54. The van der Waals surface area contributed by atoms with Crippen molar-refractivity contribution in [2.75, 3.05) is 7.05 Å². The predicted molar refractivity (Wildman–Crippen MR) is 95.7 cm³/mol. The van der Waals surface area contributed by atoms with E-state index < -0.39 is 11.6 Å². The number of carbonyl (C=O) groups is 1. The Labute approximate surface area is 160 Å². The van der Waals surface area contributed by atoms with Gasteiger partial charge in [-0.2, -0.15) is 5.10 Å². The van der Waals surface area contributed by atoms with Crippen LogP contribution in [0.25, 0.3) is 0 Å². The lowest BCUT2D eigenvalue weighted by atomic mass is 10.1. The molecule has 0 fully saturated rings. The molecule has 0 aliphatic carbocycles. The van der Waals surface area contributed by atoms with Crippen molar-refractivity contribution in [3.8, 4) is 5.75 Å². The van der Waals surface area contributed by atoms with E-state index in [9.17, 15) is 13.6 Å². The number of nitrogens with zero attached hydrogens (tertiary/aromatic N) is 4. The highest BCUT2D eigenvalue weighted by atomic mass is 19.1. The summed E-state index contributed by atoms with van der Waals surface area (Å²) >= 11 is 0. The van der Waals surface area contributed by atoms with Crippen LogP contribution in [0, 0.1) is 25.5 Å². The minimum atomic E-state index is -0.828. The van der Waals surface area contributed by atoms with Crippen LogP contribution in [0.1, 0.15) is 33.1 Å². The van der Waals surface area contributed by atoms with Crippen molar-refractivity contribution >= 4 is 5.91 Å². The molecule has 0 aliphatic heterocycles. The maximum atomic E-state index is 13.8. The number of aryl methyl sites for hydroxylation is 2. The van der Waals surface area contributed by atoms with Crippen LogP contribution in [-0.4, -0.2) is 32.8 Å². The van der Waals surface area contributed by atoms with Gasteiger partial charge in [0.05, 0.1) is 11.8 Å². The second-order valence-electron chi connectivity index (χ2n) is 6.47. The number of halogens is 2. The SMILES string of the molecule is Cc1onc(C(=O)N(C)Cc2cnn(C)c2C)c1COc1ccc(F)cc1F. The third-order valence-electron chi connectivity index (χ3n) is 4.54. The number of hydrogen-bond acceptors (Lipinski definition) is 5. The van der Waals surface area contributed by atoms with E-state index >= 15 is 0 Å². The highest BCUT2D eigenvalue weighted by Crippen LogP contribution is 2.22. The zero-order valence-electron chi connectivity index (χ0n) is 16.0. The van der Waals surface area contributed by atoms with Crippen molar-refractivity contribution in [1.82, 2.24) is 19.8 Å². The summed E-state index contributed by atoms with van der Waals surface area (Å²) in [5.41, 5.74) is 2.35. The summed E-state index contributed by atoms with van der Waals surface area (Å²) in [5, 5.41) is 8.00. The molecular formula is C19H20F2N4O3. The van der Waals surface area contributed by atoms with E-state index in [4.69, 9.17) is 9.26 Å². The number of carbonyl (C=O) groups excluding carboxylic acids is 1. The minimum absolute atomic E-state index is 0.0871. The van der Waals surface area contributed by atoms with Gasteiger partial charge in [0.25, 0.3) is 5.91 Å². The fraction of sp³-hybridized carbons (Fsp3) is 0.316. The van der Waals surface area contributed by atoms with E-state index in [1.165, 1.54) is 11.0 Å². The molecule has 0 aliphatic rings. The van der Waals surface area contributed by atoms with Gasteiger partial charge >= 0.3 is 0 Å². The summed E-state index contributed by atoms with van der Waals surface area (Å²) in [4.78, 5) is 14.3. The minimum Gasteiger partial charge on any atom is -0.486 e. The molecule has 0 spiro atoms. The summed E-state index contributed by atoms with van der Waals surface area (Å²) in [6.07, 6.45) is 1.70. The van der Waals surface area contributed by atoms with Gasteiger partial charge in [-0.15, -0.1) is 0 Å². The van der Waals surface area contributed by atoms with Gasteiger partial charge in [0.1, 0.15) is 18.2 Å². The van der Waals surface area contributed by atoms with Crippen LogP contribution in [0.2, 0.25) is 0 Å². The molecule has 3 rings (SSSR count). The summed E-state index contributed by atoms with van der Waals surface area (Å²) in [6, 6.07) is 3.01. The van der Waals surface area contributed by atoms with E-state index in [1.807, 2.05) is 14.0 Å². The lowest BCUT2D eigenvalue weighted by Crippen LogP contribution is -2.27. The third kappa shape index (κ3) is 3.88. The van der Waals surface area contributed by atoms with E-state index in [-0.39, 0.29) is 24.0 Å². The lowest BCUT2D eigenvalue weighted by Gasteiger charge is -2.16. The molecule has 0 unspecified atom stereocenters. The van der Waals surface area contributed by atoms with Crippen LogP contribution in [0.5, 0.6) is 5.75 Å².